The van der Waals surface area contributed by atoms with Gasteiger partial charge in [0.2, 0.25) is 11.8 Å². The van der Waals surface area contributed by atoms with E-state index in [2.05, 4.69) is 0 Å². The third-order valence-electron chi connectivity index (χ3n) is 2.21. The van der Waals surface area contributed by atoms with Crippen LogP contribution in [0.5, 0.6) is 0 Å². The summed E-state index contributed by atoms with van der Waals surface area (Å²) < 4.78 is 0. The largest absolute Gasteiger partial charge is 0.398 e. The first-order valence-electron chi connectivity index (χ1n) is 4.88. The van der Waals surface area contributed by atoms with Gasteiger partial charge in [-0.25, -0.2) is 0 Å². The zero-order valence-corrected chi connectivity index (χ0v) is 9.14. The molecule has 0 aliphatic rings. The van der Waals surface area contributed by atoms with Gasteiger partial charge in [0.1, 0.15) is 0 Å². The van der Waals surface area contributed by atoms with Crippen molar-refractivity contribution in [1.82, 2.24) is 4.90 Å². The van der Waals surface area contributed by atoms with Crippen LogP contribution >= 0.6 is 0 Å². The minimum Gasteiger partial charge on any atom is -0.398 e. The van der Waals surface area contributed by atoms with Crippen LogP contribution in [-0.4, -0.2) is 23.3 Å². The van der Waals surface area contributed by atoms with Crippen LogP contribution in [-0.2, 0) is 16.1 Å². The Morgan fingerprint density at radius 2 is 1.94 bits per heavy atom. The monoisotopic (exact) mass is 221 g/mol. The smallest absolute Gasteiger partial charge is 0.237 e. The van der Waals surface area contributed by atoms with Crippen LogP contribution in [0.2, 0.25) is 0 Å². The minimum atomic E-state index is -0.537. The van der Waals surface area contributed by atoms with Crippen molar-refractivity contribution in [1.29, 1.82) is 0 Å². The highest BCUT2D eigenvalue weighted by Gasteiger charge is 2.12. The Balaban J connectivity index is 2.80. The van der Waals surface area contributed by atoms with Gasteiger partial charge in [-0.3, -0.25) is 9.59 Å². The first kappa shape index (κ1) is 12.0. The normalized spacial score (nSPS) is 9.81. The standard InChI is InChI=1S/C11H15N3O2/c1-8(15)14(7-11(13)16)6-9-4-2-3-5-10(9)12/h2-5H,6-7,12H2,1H3,(H2,13,16). The third kappa shape index (κ3) is 3.27. The van der Waals surface area contributed by atoms with Gasteiger partial charge >= 0.3 is 0 Å². The van der Waals surface area contributed by atoms with Crippen molar-refractivity contribution in [3.05, 3.63) is 29.8 Å². The van der Waals surface area contributed by atoms with Crippen LogP contribution in [0, 0.1) is 0 Å². The maximum Gasteiger partial charge on any atom is 0.237 e. The van der Waals surface area contributed by atoms with E-state index in [0.29, 0.717) is 12.2 Å². The summed E-state index contributed by atoms with van der Waals surface area (Å²) in [7, 11) is 0. The number of benzene rings is 1. The summed E-state index contributed by atoms with van der Waals surface area (Å²) in [5.74, 6) is -0.744. The van der Waals surface area contributed by atoms with Gasteiger partial charge < -0.3 is 16.4 Å². The van der Waals surface area contributed by atoms with Gasteiger partial charge in [0, 0.05) is 19.2 Å². The number of primary amides is 1. The van der Waals surface area contributed by atoms with Crippen molar-refractivity contribution < 1.29 is 9.59 Å². The molecule has 0 aliphatic carbocycles. The van der Waals surface area contributed by atoms with E-state index in [9.17, 15) is 9.59 Å². The molecule has 0 unspecified atom stereocenters. The molecule has 0 aliphatic heterocycles. The fourth-order valence-electron chi connectivity index (χ4n) is 1.35. The molecule has 0 bridgehead atoms. The summed E-state index contributed by atoms with van der Waals surface area (Å²) in [4.78, 5) is 23.4. The van der Waals surface area contributed by atoms with Crippen LogP contribution in [0.1, 0.15) is 12.5 Å². The Labute approximate surface area is 94.0 Å². The van der Waals surface area contributed by atoms with E-state index < -0.39 is 5.91 Å². The molecule has 0 spiro atoms. The zero-order valence-electron chi connectivity index (χ0n) is 9.14. The van der Waals surface area contributed by atoms with Crippen molar-refractivity contribution >= 4 is 17.5 Å². The van der Waals surface area contributed by atoms with Crippen molar-refractivity contribution in [3.8, 4) is 0 Å². The minimum absolute atomic E-state index is 0.0936. The van der Waals surface area contributed by atoms with Crippen LogP contribution < -0.4 is 11.5 Å². The average Bonchev–Trinajstić information content (AvgIpc) is 2.19. The lowest BCUT2D eigenvalue weighted by atomic mass is 10.1. The highest BCUT2D eigenvalue weighted by atomic mass is 16.2. The average molecular weight is 221 g/mol. The number of para-hydroxylation sites is 1. The highest BCUT2D eigenvalue weighted by molar-refractivity contribution is 5.82. The first-order chi connectivity index (χ1) is 7.50. The SMILES string of the molecule is CC(=O)N(CC(N)=O)Cc1ccccc1N. The van der Waals surface area contributed by atoms with Gasteiger partial charge in [-0.2, -0.15) is 0 Å². The fourth-order valence-corrected chi connectivity index (χ4v) is 1.35. The summed E-state index contributed by atoms with van der Waals surface area (Å²) in [6.45, 7) is 1.59. The van der Waals surface area contributed by atoms with Crippen LogP contribution in [0.3, 0.4) is 0 Å². The van der Waals surface area contributed by atoms with E-state index in [0.717, 1.165) is 5.56 Å². The predicted molar refractivity (Wildman–Crippen MR) is 61.1 cm³/mol. The fraction of sp³-hybridized carbons (Fsp3) is 0.273. The molecule has 0 heterocycles. The molecular weight excluding hydrogens is 206 g/mol. The number of hydrogen-bond acceptors (Lipinski definition) is 3. The Bertz CT molecular complexity index is 404. The summed E-state index contributed by atoms with van der Waals surface area (Å²) in [5, 5.41) is 0. The molecule has 1 aromatic rings. The van der Waals surface area contributed by atoms with Crippen molar-refractivity contribution in [3.63, 3.8) is 0 Å². The molecule has 4 N–H and O–H groups in total. The maximum atomic E-state index is 11.3. The summed E-state index contributed by atoms with van der Waals surface area (Å²) in [6.07, 6.45) is 0. The Morgan fingerprint density at radius 3 is 2.44 bits per heavy atom. The summed E-state index contributed by atoms with van der Waals surface area (Å²) in [6, 6.07) is 7.20. The molecule has 5 heteroatoms. The predicted octanol–water partition coefficient (Wildman–Crippen LogP) is 0.103. The number of carbonyl (C=O) groups excluding carboxylic acids is 2. The molecule has 0 saturated heterocycles. The molecule has 2 amide bonds. The lowest BCUT2D eigenvalue weighted by molar-refractivity contribution is -0.133. The molecule has 0 saturated carbocycles. The Morgan fingerprint density at radius 1 is 1.31 bits per heavy atom. The van der Waals surface area contributed by atoms with Gasteiger partial charge in [-0.05, 0) is 11.6 Å². The molecular formula is C11H15N3O2. The number of hydrogen-bond donors (Lipinski definition) is 2. The number of nitrogens with zero attached hydrogens (tertiary/aromatic N) is 1. The second-order valence-electron chi connectivity index (χ2n) is 3.54. The number of amides is 2. The van der Waals surface area contributed by atoms with Crippen LogP contribution in [0.4, 0.5) is 5.69 Å². The first-order valence-corrected chi connectivity index (χ1v) is 4.88. The van der Waals surface area contributed by atoms with Gasteiger partial charge in [0.05, 0.1) is 6.54 Å². The maximum absolute atomic E-state index is 11.3. The topological polar surface area (TPSA) is 89.4 Å². The molecule has 86 valence electrons. The van der Waals surface area contributed by atoms with Gasteiger partial charge in [0.15, 0.2) is 0 Å². The van der Waals surface area contributed by atoms with Crippen molar-refractivity contribution in [2.45, 2.75) is 13.5 Å². The lowest BCUT2D eigenvalue weighted by Gasteiger charge is -2.20. The highest BCUT2D eigenvalue weighted by Crippen LogP contribution is 2.13. The number of carbonyl (C=O) groups is 2. The van der Waals surface area contributed by atoms with Gasteiger partial charge in [-0.1, -0.05) is 18.2 Å². The van der Waals surface area contributed by atoms with E-state index in [-0.39, 0.29) is 12.5 Å². The Hall–Kier alpha value is -2.04. The van der Waals surface area contributed by atoms with Crippen LogP contribution in [0.25, 0.3) is 0 Å². The van der Waals surface area contributed by atoms with E-state index in [1.54, 1.807) is 6.07 Å². The molecule has 1 aromatic carbocycles. The van der Waals surface area contributed by atoms with Crippen LogP contribution in [0.15, 0.2) is 24.3 Å². The number of anilines is 1. The second kappa shape index (κ2) is 5.16. The number of nitrogens with two attached hydrogens (primary N) is 2. The zero-order chi connectivity index (χ0) is 12.1. The molecule has 16 heavy (non-hydrogen) atoms. The van der Waals surface area contributed by atoms with Crippen molar-refractivity contribution in [2.75, 3.05) is 12.3 Å². The molecule has 0 aromatic heterocycles. The number of nitrogen functional groups attached to an aromatic ring is 1. The molecule has 0 atom stereocenters. The summed E-state index contributed by atoms with van der Waals surface area (Å²) in [5.41, 5.74) is 12.2. The quantitative estimate of drug-likeness (QED) is 0.707. The van der Waals surface area contributed by atoms with E-state index in [1.165, 1.54) is 11.8 Å². The van der Waals surface area contributed by atoms with E-state index in [4.69, 9.17) is 11.5 Å². The van der Waals surface area contributed by atoms with E-state index in [1.807, 2.05) is 18.2 Å². The summed E-state index contributed by atoms with van der Waals surface area (Å²) >= 11 is 0. The van der Waals surface area contributed by atoms with Gasteiger partial charge in [-0.15, -0.1) is 0 Å². The van der Waals surface area contributed by atoms with Crippen molar-refractivity contribution in [2.24, 2.45) is 5.73 Å². The number of rotatable bonds is 4. The lowest BCUT2D eigenvalue weighted by Crippen LogP contribution is -2.36. The second-order valence-corrected chi connectivity index (χ2v) is 3.54. The molecule has 0 fully saturated rings. The Kier molecular flexibility index (Phi) is 3.88. The molecule has 1 rings (SSSR count). The van der Waals surface area contributed by atoms with Gasteiger partial charge in [0.25, 0.3) is 0 Å². The third-order valence-corrected chi connectivity index (χ3v) is 2.21. The van der Waals surface area contributed by atoms with E-state index >= 15 is 0 Å². The molecule has 5 nitrogen and oxygen atoms in total. The molecule has 0 radical (unpaired) electrons.